The van der Waals surface area contributed by atoms with Crippen molar-refractivity contribution in [1.82, 2.24) is 10.2 Å². The molecule has 1 atom stereocenters. The largest absolute Gasteiger partial charge is 0.459 e. The molecule has 1 aliphatic heterocycles. The Morgan fingerprint density at radius 2 is 1.71 bits per heavy atom. The molecule has 0 bridgehead atoms. The average Bonchev–Trinajstić information content (AvgIpc) is 3.28. The molecule has 0 radical (unpaired) electrons. The Morgan fingerprint density at radius 3 is 2.46 bits per heavy atom. The first-order valence-corrected chi connectivity index (χ1v) is 9.44. The maximum Gasteiger partial charge on any atom is 0.287 e. The molecule has 28 heavy (non-hydrogen) atoms. The van der Waals surface area contributed by atoms with Crippen molar-refractivity contribution in [1.29, 1.82) is 0 Å². The predicted molar refractivity (Wildman–Crippen MR) is 106 cm³/mol. The van der Waals surface area contributed by atoms with Crippen LogP contribution in [0.2, 0.25) is 0 Å². The van der Waals surface area contributed by atoms with Gasteiger partial charge < -0.3 is 14.6 Å². The Bertz CT molecular complexity index is 951. The molecule has 5 nitrogen and oxygen atoms in total. The van der Waals surface area contributed by atoms with Crippen LogP contribution >= 0.6 is 0 Å². The standard InChI is InChI=1S/C23H22N2O3/c26-22(21-11-6-14-28-21)24-20(15-17-7-2-1-3-8-17)23(27)25-13-12-18-9-4-5-10-19(18)16-25/h1-11,14,20H,12-13,15-16H2,(H,24,26). The van der Waals surface area contributed by atoms with E-state index in [4.69, 9.17) is 4.42 Å². The van der Waals surface area contributed by atoms with Crippen LogP contribution in [0.4, 0.5) is 0 Å². The molecule has 0 spiro atoms. The maximum absolute atomic E-state index is 13.3. The van der Waals surface area contributed by atoms with Gasteiger partial charge in [-0.15, -0.1) is 0 Å². The molecule has 1 unspecified atom stereocenters. The van der Waals surface area contributed by atoms with E-state index in [1.54, 1.807) is 12.1 Å². The molecule has 0 saturated carbocycles. The summed E-state index contributed by atoms with van der Waals surface area (Å²) in [5, 5.41) is 2.87. The Kier molecular flexibility index (Phi) is 5.24. The molecule has 4 rings (SSSR count). The number of carbonyl (C=O) groups excluding carboxylic acids is 2. The molecule has 2 aromatic carbocycles. The van der Waals surface area contributed by atoms with E-state index in [9.17, 15) is 9.59 Å². The molecule has 0 fully saturated rings. The summed E-state index contributed by atoms with van der Waals surface area (Å²) in [7, 11) is 0. The van der Waals surface area contributed by atoms with Crippen LogP contribution in [-0.2, 0) is 24.2 Å². The van der Waals surface area contributed by atoms with E-state index < -0.39 is 6.04 Å². The number of benzene rings is 2. The highest BCUT2D eigenvalue weighted by atomic mass is 16.3. The van der Waals surface area contributed by atoms with E-state index in [-0.39, 0.29) is 17.6 Å². The third-order valence-electron chi connectivity index (χ3n) is 5.07. The van der Waals surface area contributed by atoms with Crippen LogP contribution in [0.3, 0.4) is 0 Å². The van der Waals surface area contributed by atoms with Crippen LogP contribution in [0.15, 0.2) is 77.4 Å². The summed E-state index contributed by atoms with van der Waals surface area (Å²) >= 11 is 0. The number of hydrogen-bond donors (Lipinski definition) is 1. The van der Waals surface area contributed by atoms with Gasteiger partial charge in [-0.25, -0.2) is 0 Å². The number of carbonyl (C=O) groups is 2. The van der Waals surface area contributed by atoms with Gasteiger partial charge in [-0.05, 0) is 35.2 Å². The fourth-order valence-corrected chi connectivity index (χ4v) is 3.59. The normalized spacial score (nSPS) is 14.2. The summed E-state index contributed by atoms with van der Waals surface area (Å²) < 4.78 is 5.18. The Labute approximate surface area is 164 Å². The minimum absolute atomic E-state index is 0.0711. The van der Waals surface area contributed by atoms with Crippen LogP contribution in [0.1, 0.15) is 27.2 Å². The van der Waals surface area contributed by atoms with E-state index in [1.807, 2.05) is 47.4 Å². The lowest BCUT2D eigenvalue weighted by atomic mass is 9.98. The lowest BCUT2D eigenvalue weighted by Crippen LogP contribution is -2.50. The van der Waals surface area contributed by atoms with E-state index in [0.29, 0.717) is 19.5 Å². The zero-order valence-corrected chi connectivity index (χ0v) is 15.5. The van der Waals surface area contributed by atoms with Gasteiger partial charge in [0.1, 0.15) is 6.04 Å². The van der Waals surface area contributed by atoms with Gasteiger partial charge in [-0.3, -0.25) is 9.59 Å². The summed E-state index contributed by atoms with van der Waals surface area (Å²) in [6.07, 6.45) is 2.71. The lowest BCUT2D eigenvalue weighted by Gasteiger charge is -2.32. The molecule has 0 aliphatic carbocycles. The van der Waals surface area contributed by atoms with Crippen LogP contribution in [0.25, 0.3) is 0 Å². The lowest BCUT2D eigenvalue weighted by molar-refractivity contribution is -0.134. The van der Waals surface area contributed by atoms with Gasteiger partial charge >= 0.3 is 0 Å². The van der Waals surface area contributed by atoms with Gasteiger partial charge in [-0.1, -0.05) is 54.6 Å². The van der Waals surface area contributed by atoms with Crippen molar-refractivity contribution in [2.75, 3.05) is 6.54 Å². The molecular formula is C23H22N2O3. The van der Waals surface area contributed by atoms with Crippen molar-refractivity contribution in [2.45, 2.75) is 25.4 Å². The number of nitrogens with zero attached hydrogens (tertiary/aromatic N) is 1. The molecule has 2 amide bonds. The summed E-state index contributed by atoms with van der Waals surface area (Å²) in [5.41, 5.74) is 3.45. The van der Waals surface area contributed by atoms with Crippen LogP contribution < -0.4 is 5.32 Å². The predicted octanol–water partition coefficient (Wildman–Crippen LogP) is 3.21. The third kappa shape index (κ3) is 3.98. The molecular weight excluding hydrogens is 352 g/mol. The number of rotatable bonds is 5. The van der Waals surface area contributed by atoms with Crippen molar-refractivity contribution in [2.24, 2.45) is 0 Å². The van der Waals surface area contributed by atoms with Gasteiger partial charge in [-0.2, -0.15) is 0 Å². The molecule has 1 aliphatic rings. The first-order chi connectivity index (χ1) is 13.7. The molecule has 5 heteroatoms. The minimum atomic E-state index is -0.648. The fourth-order valence-electron chi connectivity index (χ4n) is 3.59. The SMILES string of the molecule is O=C(NC(Cc1ccccc1)C(=O)N1CCc2ccccc2C1)c1ccco1. The summed E-state index contributed by atoms with van der Waals surface area (Å²) in [6, 6.07) is 20.5. The second kappa shape index (κ2) is 8.13. The van der Waals surface area contributed by atoms with Crippen molar-refractivity contribution in [3.63, 3.8) is 0 Å². The summed E-state index contributed by atoms with van der Waals surface area (Å²) in [6.45, 7) is 1.22. The third-order valence-corrected chi connectivity index (χ3v) is 5.07. The fraction of sp³-hybridized carbons (Fsp3) is 0.217. The number of hydrogen-bond acceptors (Lipinski definition) is 3. The quantitative estimate of drug-likeness (QED) is 0.746. The smallest absolute Gasteiger partial charge is 0.287 e. The van der Waals surface area contributed by atoms with Crippen molar-refractivity contribution >= 4 is 11.8 Å². The van der Waals surface area contributed by atoms with E-state index in [1.165, 1.54) is 11.8 Å². The molecule has 1 aromatic heterocycles. The van der Waals surface area contributed by atoms with Gasteiger partial charge in [0.25, 0.3) is 5.91 Å². The molecule has 3 aromatic rings. The number of amides is 2. The van der Waals surface area contributed by atoms with Gasteiger partial charge in [0, 0.05) is 19.5 Å². The van der Waals surface area contributed by atoms with Crippen LogP contribution in [0.5, 0.6) is 0 Å². The Morgan fingerprint density at radius 1 is 0.964 bits per heavy atom. The first kappa shape index (κ1) is 18.0. The average molecular weight is 374 g/mol. The highest BCUT2D eigenvalue weighted by Crippen LogP contribution is 2.20. The van der Waals surface area contributed by atoms with Crippen LogP contribution in [-0.4, -0.2) is 29.3 Å². The monoisotopic (exact) mass is 374 g/mol. The van der Waals surface area contributed by atoms with Gasteiger partial charge in [0.2, 0.25) is 5.91 Å². The number of nitrogens with one attached hydrogen (secondary N) is 1. The van der Waals surface area contributed by atoms with Gasteiger partial charge in [0.15, 0.2) is 5.76 Å². The zero-order valence-electron chi connectivity index (χ0n) is 15.5. The van der Waals surface area contributed by atoms with E-state index in [0.717, 1.165) is 17.5 Å². The Balaban J connectivity index is 1.54. The van der Waals surface area contributed by atoms with Crippen molar-refractivity contribution in [3.05, 3.63) is 95.4 Å². The Hall–Kier alpha value is -3.34. The zero-order chi connectivity index (χ0) is 19.3. The van der Waals surface area contributed by atoms with E-state index >= 15 is 0 Å². The van der Waals surface area contributed by atoms with E-state index in [2.05, 4.69) is 17.4 Å². The maximum atomic E-state index is 13.3. The number of furan rings is 1. The molecule has 1 N–H and O–H groups in total. The topological polar surface area (TPSA) is 62.6 Å². The highest BCUT2D eigenvalue weighted by Gasteiger charge is 2.29. The second-order valence-electron chi connectivity index (χ2n) is 6.97. The molecule has 142 valence electrons. The molecule has 0 saturated heterocycles. The van der Waals surface area contributed by atoms with Gasteiger partial charge in [0.05, 0.1) is 6.26 Å². The van der Waals surface area contributed by atoms with Crippen LogP contribution in [0, 0.1) is 0 Å². The summed E-state index contributed by atoms with van der Waals surface area (Å²) in [4.78, 5) is 27.6. The second-order valence-corrected chi connectivity index (χ2v) is 6.97. The highest BCUT2D eigenvalue weighted by molar-refractivity contribution is 5.95. The summed E-state index contributed by atoms with van der Waals surface area (Å²) in [5.74, 6) is -0.246. The van der Waals surface area contributed by atoms with Crippen molar-refractivity contribution in [3.8, 4) is 0 Å². The first-order valence-electron chi connectivity index (χ1n) is 9.44. The number of fused-ring (bicyclic) bond motifs is 1. The minimum Gasteiger partial charge on any atom is -0.459 e. The molecule has 2 heterocycles. The van der Waals surface area contributed by atoms with Crippen molar-refractivity contribution < 1.29 is 14.0 Å².